The molecule has 0 aliphatic rings. The summed E-state index contributed by atoms with van der Waals surface area (Å²) in [4.78, 5) is 15.0. The molecule has 4 N–H and O–H groups in total. The number of nitrogens with one attached hydrogen (secondary N) is 2. The molecule has 0 aromatic heterocycles. The highest BCUT2D eigenvalue weighted by Gasteiger charge is 2.23. The average Bonchev–Trinajstić information content (AvgIpc) is 2.67. The highest BCUT2D eigenvalue weighted by Crippen LogP contribution is 2.27. The van der Waals surface area contributed by atoms with Gasteiger partial charge in [0.25, 0.3) is 0 Å². The zero-order valence-electron chi connectivity index (χ0n) is 17.1. The fraction of sp³-hybridized carbons (Fsp3) is 0.364. The predicted molar refractivity (Wildman–Crippen MR) is 115 cm³/mol. The summed E-state index contributed by atoms with van der Waals surface area (Å²) in [5, 5.41) is 10.8. The number of benzene rings is 2. The third-order valence-corrected chi connectivity index (χ3v) is 4.58. The van der Waals surface area contributed by atoms with Crippen LogP contribution in [0, 0.1) is 12.3 Å². The van der Waals surface area contributed by atoms with Crippen LogP contribution in [0.5, 0.6) is 0 Å². The van der Waals surface area contributed by atoms with Gasteiger partial charge in [-0.25, -0.2) is 4.79 Å². The van der Waals surface area contributed by atoms with E-state index in [2.05, 4.69) is 30.1 Å². The molecule has 28 heavy (non-hydrogen) atoms. The Labute approximate surface area is 167 Å². The monoisotopic (exact) mass is 382 g/mol. The topological polar surface area (TPSA) is 91.4 Å². The van der Waals surface area contributed by atoms with Gasteiger partial charge in [-0.2, -0.15) is 0 Å². The van der Waals surface area contributed by atoms with Crippen molar-refractivity contribution in [1.29, 1.82) is 5.41 Å². The number of amidine groups is 1. The number of aryl methyl sites for hydroxylation is 1. The molecular formula is C22H30N4O2. The van der Waals surface area contributed by atoms with Crippen molar-refractivity contribution in [2.45, 2.75) is 33.7 Å². The summed E-state index contributed by atoms with van der Waals surface area (Å²) in [5.74, 6) is -0.315. The van der Waals surface area contributed by atoms with Crippen molar-refractivity contribution in [3.63, 3.8) is 0 Å². The molecule has 2 aromatic carbocycles. The Bertz CT molecular complexity index is 814. The van der Waals surface area contributed by atoms with Crippen LogP contribution in [0.25, 0.3) is 0 Å². The number of esters is 1. The first-order chi connectivity index (χ1) is 13.4. The summed E-state index contributed by atoms with van der Waals surface area (Å²) in [7, 11) is 0. The SMILES string of the molecule is CCOC(=O)C(Nc1ccc(C(=N)N)cc1)c1cc(C)cc(N(CC)CC)c1. The minimum absolute atomic E-state index is 0.0102. The van der Waals surface area contributed by atoms with Crippen molar-refractivity contribution in [3.05, 3.63) is 59.2 Å². The lowest BCUT2D eigenvalue weighted by Crippen LogP contribution is -2.25. The van der Waals surface area contributed by atoms with Crippen molar-refractivity contribution in [3.8, 4) is 0 Å². The molecule has 1 atom stereocenters. The number of anilines is 2. The maximum absolute atomic E-state index is 12.7. The van der Waals surface area contributed by atoms with E-state index in [0.717, 1.165) is 35.6 Å². The summed E-state index contributed by atoms with van der Waals surface area (Å²) >= 11 is 0. The van der Waals surface area contributed by atoms with Crippen LogP contribution in [0.15, 0.2) is 42.5 Å². The zero-order valence-corrected chi connectivity index (χ0v) is 17.1. The molecule has 6 heteroatoms. The second kappa shape index (κ2) is 9.78. The highest BCUT2D eigenvalue weighted by atomic mass is 16.5. The van der Waals surface area contributed by atoms with Crippen LogP contribution in [-0.2, 0) is 9.53 Å². The summed E-state index contributed by atoms with van der Waals surface area (Å²) < 4.78 is 5.32. The first-order valence-corrected chi connectivity index (χ1v) is 9.63. The number of hydrogen-bond donors (Lipinski definition) is 3. The van der Waals surface area contributed by atoms with E-state index in [4.69, 9.17) is 15.9 Å². The first kappa shape index (κ1) is 21.3. The molecule has 0 fully saturated rings. The predicted octanol–water partition coefficient (Wildman–Crippen LogP) is 3.84. The normalized spacial score (nSPS) is 11.6. The van der Waals surface area contributed by atoms with Gasteiger partial charge >= 0.3 is 5.97 Å². The molecule has 1 unspecified atom stereocenters. The van der Waals surface area contributed by atoms with E-state index in [1.807, 2.05) is 31.2 Å². The van der Waals surface area contributed by atoms with Crippen molar-refractivity contribution in [2.75, 3.05) is 29.9 Å². The fourth-order valence-corrected chi connectivity index (χ4v) is 3.15. The van der Waals surface area contributed by atoms with Crippen molar-refractivity contribution >= 4 is 23.2 Å². The number of nitrogen functional groups attached to an aromatic ring is 1. The van der Waals surface area contributed by atoms with Gasteiger partial charge in [0, 0.05) is 30.0 Å². The minimum atomic E-state index is -0.627. The molecule has 0 aliphatic carbocycles. The van der Waals surface area contributed by atoms with Gasteiger partial charge in [0.2, 0.25) is 0 Å². The Kier molecular flexibility index (Phi) is 7.44. The van der Waals surface area contributed by atoms with E-state index in [-0.39, 0.29) is 11.8 Å². The van der Waals surface area contributed by atoms with Gasteiger partial charge in [0.15, 0.2) is 6.04 Å². The smallest absolute Gasteiger partial charge is 0.333 e. The lowest BCUT2D eigenvalue weighted by molar-refractivity contribution is -0.144. The summed E-state index contributed by atoms with van der Waals surface area (Å²) in [6.45, 7) is 10.2. The molecule has 0 amide bonds. The van der Waals surface area contributed by atoms with Crippen LogP contribution >= 0.6 is 0 Å². The Morgan fingerprint density at radius 2 is 1.79 bits per heavy atom. The quantitative estimate of drug-likeness (QED) is 0.348. The third-order valence-electron chi connectivity index (χ3n) is 4.58. The number of hydrogen-bond acceptors (Lipinski definition) is 5. The van der Waals surface area contributed by atoms with Crippen molar-refractivity contribution in [1.82, 2.24) is 0 Å². The maximum atomic E-state index is 12.7. The number of carbonyl (C=O) groups is 1. The van der Waals surface area contributed by atoms with Crippen LogP contribution < -0.4 is 16.0 Å². The third kappa shape index (κ3) is 5.25. The fourth-order valence-electron chi connectivity index (χ4n) is 3.15. The van der Waals surface area contributed by atoms with E-state index < -0.39 is 6.04 Å². The maximum Gasteiger partial charge on any atom is 0.333 e. The Morgan fingerprint density at radius 3 is 2.32 bits per heavy atom. The number of ether oxygens (including phenoxy) is 1. The summed E-state index contributed by atoms with van der Waals surface area (Å²) in [6.07, 6.45) is 0. The number of rotatable bonds is 9. The van der Waals surface area contributed by atoms with E-state index in [9.17, 15) is 4.79 Å². The molecule has 0 heterocycles. The van der Waals surface area contributed by atoms with E-state index in [1.165, 1.54) is 0 Å². The molecule has 0 saturated carbocycles. The lowest BCUT2D eigenvalue weighted by atomic mass is 10.0. The molecule has 2 aromatic rings. The second-order valence-corrected chi connectivity index (χ2v) is 6.59. The molecule has 0 bridgehead atoms. The summed E-state index contributed by atoms with van der Waals surface area (Å²) in [6, 6.07) is 12.7. The van der Waals surface area contributed by atoms with Crippen molar-refractivity contribution in [2.24, 2.45) is 5.73 Å². The van der Waals surface area contributed by atoms with Crippen LogP contribution in [0.4, 0.5) is 11.4 Å². The van der Waals surface area contributed by atoms with Crippen LogP contribution in [0.3, 0.4) is 0 Å². The van der Waals surface area contributed by atoms with Gasteiger partial charge in [0.1, 0.15) is 5.84 Å². The van der Waals surface area contributed by atoms with E-state index in [0.29, 0.717) is 12.2 Å². The van der Waals surface area contributed by atoms with Gasteiger partial charge in [-0.15, -0.1) is 0 Å². The molecule has 0 saturated heterocycles. The molecule has 0 radical (unpaired) electrons. The van der Waals surface area contributed by atoms with Crippen LogP contribution in [0.1, 0.15) is 43.5 Å². The summed E-state index contributed by atoms with van der Waals surface area (Å²) in [5.41, 5.74) is 9.94. The Morgan fingerprint density at radius 1 is 1.14 bits per heavy atom. The molecule has 0 spiro atoms. The van der Waals surface area contributed by atoms with Gasteiger partial charge in [-0.1, -0.05) is 6.07 Å². The minimum Gasteiger partial charge on any atom is -0.464 e. The van der Waals surface area contributed by atoms with Crippen LogP contribution in [0.2, 0.25) is 0 Å². The largest absolute Gasteiger partial charge is 0.464 e. The Hall–Kier alpha value is -3.02. The van der Waals surface area contributed by atoms with Crippen molar-refractivity contribution < 1.29 is 9.53 Å². The highest BCUT2D eigenvalue weighted by molar-refractivity contribution is 5.95. The average molecular weight is 383 g/mol. The van der Waals surface area contributed by atoms with Crippen LogP contribution in [-0.4, -0.2) is 31.5 Å². The molecular weight excluding hydrogens is 352 g/mol. The standard InChI is InChI=1S/C22H30N4O2/c1-5-26(6-2)19-13-15(4)12-17(14-19)20(22(27)28-7-3)25-18-10-8-16(9-11-18)21(23)24/h8-14,20,25H,5-7H2,1-4H3,(H3,23,24). The van der Waals surface area contributed by atoms with Gasteiger partial charge in [-0.3, -0.25) is 5.41 Å². The van der Waals surface area contributed by atoms with Gasteiger partial charge in [-0.05, 0) is 75.2 Å². The van der Waals surface area contributed by atoms with E-state index >= 15 is 0 Å². The Balaban J connectivity index is 2.40. The second-order valence-electron chi connectivity index (χ2n) is 6.59. The molecule has 150 valence electrons. The number of carbonyl (C=O) groups excluding carboxylic acids is 1. The number of nitrogens with two attached hydrogens (primary N) is 1. The van der Waals surface area contributed by atoms with E-state index in [1.54, 1.807) is 19.1 Å². The zero-order chi connectivity index (χ0) is 20.7. The van der Waals surface area contributed by atoms with Gasteiger partial charge < -0.3 is 20.7 Å². The molecule has 0 aliphatic heterocycles. The molecule has 6 nitrogen and oxygen atoms in total. The molecule has 2 rings (SSSR count). The lowest BCUT2D eigenvalue weighted by Gasteiger charge is -2.25. The first-order valence-electron chi connectivity index (χ1n) is 9.63. The number of nitrogens with zero attached hydrogens (tertiary/aromatic N) is 1. The van der Waals surface area contributed by atoms with Gasteiger partial charge in [0.05, 0.1) is 6.61 Å².